The van der Waals surface area contributed by atoms with E-state index in [1.165, 1.54) is 28.6 Å². The maximum absolute atomic E-state index is 12.6. The van der Waals surface area contributed by atoms with Crippen LogP contribution in [0, 0.1) is 0 Å². The van der Waals surface area contributed by atoms with E-state index in [4.69, 9.17) is 21.1 Å². The van der Waals surface area contributed by atoms with Crippen molar-refractivity contribution in [2.75, 3.05) is 32.9 Å². The minimum Gasteiger partial charge on any atom is -0.452 e. The van der Waals surface area contributed by atoms with Crippen molar-refractivity contribution in [2.24, 2.45) is 0 Å². The Bertz CT molecular complexity index is 1000. The summed E-state index contributed by atoms with van der Waals surface area (Å²) in [6.45, 7) is 1.08. The summed E-state index contributed by atoms with van der Waals surface area (Å²) in [4.78, 5) is 24.1. The highest BCUT2D eigenvalue weighted by Gasteiger charge is 2.26. The number of ether oxygens (including phenoxy) is 2. The fourth-order valence-electron chi connectivity index (χ4n) is 2.81. The van der Waals surface area contributed by atoms with Crippen molar-refractivity contribution >= 4 is 33.5 Å². The molecule has 1 aliphatic heterocycles. The summed E-state index contributed by atoms with van der Waals surface area (Å²) in [6.07, 6.45) is 0. The average Bonchev–Trinajstić information content (AvgIpc) is 2.77. The Kier molecular flexibility index (Phi) is 7.43. The van der Waals surface area contributed by atoms with Crippen molar-refractivity contribution in [2.45, 2.75) is 11.4 Å². The number of nitrogens with one attached hydrogen (secondary N) is 1. The van der Waals surface area contributed by atoms with E-state index >= 15 is 0 Å². The Balaban J connectivity index is 1.51. The van der Waals surface area contributed by atoms with Gasteiger partial charge in [0.25, 0.3) is 5.91 Å². The van der Waals surface area contributed by atoms with Crippen molar-refractivity contribution in [3.63, 3.8) is 0 Å². The topological polar surface area (TPSA) is 102 Å². The van der Waals surface area contributed by atoms with E-state index in [0.29, 0.717) is 18.2 Å². The summed E-state index contributed by atoms with van der Waals surface area (Å²) in [6, 6.07) is 12.4. The monoisotopic (exact) mass is 452 g/mol. The average molecular weight is 453 g/mol. The van der Waals surface area contributed by atoms with E-state index in [2.05, 4.69) is 5.32 Å². The van der Waals surface area contributed by atoms with Crippen LogP contribution in [0.5, 0.6) is 0 Å². The highest BCUT2D eigenvalue weighted by atomic mass is 35.5. The molecule has 1 aliphatic rings. The number of carbonyl (C=O) groups is 2. The summed E-state index contributed by atoms with van der Waals surface area (Å²) in [5.41, 5.74) is 0.970. The summed E-state index contributed by atoms with van der Waals surface area (Å²) in [7, 11) is -3.64. The number of esters is 1. The summed E-state index contributed by atoms with van der Waals surface area (Å²) in [5.74, 6) is -1.18. The minimum absolute atomic E-state index is 0.0835. The molecular weight excluding hydrogens is 432 g/mol. The molecule has 0 bridgehead atoms. The molecule has 0 aliphatic carbocycles. The van der Waals surface area contributed by atoms with Gasteiger partial charge >= 0.3 is 5.97 Å². The van der Waals surface area contributed by atoms with Gasteiger partial charge in [-0.05, 0) is 42.0 Å². The van der Waals surface area contributed by atoms with Gasteiger partial charge in [-0.2, -0.15) is 4.31 Å². The molecule has 1 saturated heterocycles. The second-order valence-electron chi connectivity index (χ2n) is 6.52. The highest BCUT2D eigenvalue weighted by molar-refractivity contribution is 7.89. The predicted molar refractivity (Wildman–Crippen MR) is 110 cm³/mol. The minimum atomic E-state index is -3.64. The Morgan fingerprint density at radius 3 is 2.47 bits per heavy atom. The number of carbonyl (C=O) groups excluding carboxylic acids is 2. The molecule has 1 fully saturated rings. The van der Waals surface area contributed by atoms with E-state index in [0.717, 1.165) is 5.56 Å². The van der Waals surface area contributed by atoms with Crippen LogP contribution in [-0.2, 0) is 30.8 Å². The number of morpholine rings is 1. The van der Waals surface area contributed by atoms with Crippen molar-refractivity contribution in [3.8, 4) is 0 Å². The molecule has 0 unspecified atom stereocenters. The van der Waals surface area contributed by atoms with Crippen LogP contribution in [0.1, 0.15) is 15.9 Å². The third-order valence-corrected chi connectivity index (χ3v) is 6.56. The Morgan fingerprint density at radius 1 is 1.10 bits per heavy atom. The van der Waals surface area contributed by atoms with Gasteiger partial charge in [0.15, 0.2) is 6.61 Å². The summed E-state index contributed by atoms with van der Waals surface area (Å²) in [5, 5.41) is 3.19. The fourth-order valence-corrected chi connectivity index (χ4v) is 4.43. The molecule has 10 heteroatoms. The first-order valence-electron chi connectivity index (χ1n) is 9.22. The smallest absolute Gasteiger partial charge is 0.338 e. The molecule has 2 aromatic carbocycles. The lowest BCUT2D eigenvalue weighted by molar-refractivity contribution is -0.124. The van der Waals surface area contributed by atoms with E-state index < -0.39 is 28.5 Å². The third-order valence-electron chi connectivity index (χ3n) is 4.41. The normalized spacial score (nSPS) is 14.8. The first kappa shape index (κ1) is 22.2. The number of rotatable bonds is 7. The largest absolute Gasteiger partial charge is 0.452 e. The van der Waals surface area contributed by atoms with Crippen molar-refractivity contribution < 1.29 is 27.5 Å². The molecule has 160 valence electrons. The third kappa shape index (κ3) is 5.79. The van der Waals surface area contributed by atoms with Crippen molar-refractivity contribution in [3.05, 3.63) is 64.7 Å². The van der Waals surface area contributed by atoms with E-state index in [9.17, 15) is 18.0 Å². The van der Waals surface area contributed by atoms with Crippen LogP contribution >= 0.6 is 11.6 Å². The van der Waals surface area contributed by atoms with Crippen LogP contribution in [-0.4, -0.2) is 57.5 Å². The van der Waals surface area contributed by atoms with Gasteiger partial charge in [0, 0.05) is 24.7 Å². The fraction of sp³-hybridized carbons (Fsp3) is 0.300. The first-order valence-corrected chi connectivity index (χ1v) is 11.0. The highest BCUT2D eigenvalue weighted by Crippen LogP contribution is 2.18. The SMILES string of the molecule is O=C(COC(=O)c1ccc(S(=O)(=O)N2CCOCC2)cc1)NCc1cccc(Cl)c1. The molecule has 8 nitrogen and oxygen atoms in total. The van der Waals surface area contributed by atoms with Gasteiger partial charge in [0.2, 0.25) is 10.0 Å². The van der Waals surface area contributed by atoms with Crippen LogP contribution in [0.4, 0.5) is 0 Å². The lowest BCUT2D eigenvalue weighted by Crippen LogP contribution is -2.40. The lowest BCUT2D eigenvalue weighted by Gasteiger charge is -2.26. The molecule has 3 rings (SSSR count). The van der Waals surface area contributed by atoms with Gasteiger partial charge in [0.1, 0.15) is 0 Å². The molecule has 1 heterocycles. The maximum Gasteiger partial charge on any atom is 0.338 e. The molecule has 0 atom stereocenters. The Morgan fingerprint density at radius 2 is 1.80 bits per heavy atom. The van der Waals surface area contributed by atoms with E-state index in [1.54, 1.807) is 18.2 Å². The molecule has 0 saturated carbocycles. The van der Waals surface area contributed by atoms with Gasteiger partial charge in [0.05, 0.1) is 23.7 Å². The molecule has 1 amide bonds. The summed E-state index contributed by atoms with van der Waals surface area (Å²) < 4.78 is 36.7. The maximum atomic E-state index is 12.6. The number of hydrogen-bond donors (Lipinski definition) is 1. The number of halogens is 1. The number of hydrogen-bond acceptors (Lipinski definition) is 6. The molecule has 1 N–H and O–H groups in total. The molecule has 0 spiro atoms. The van der Waals surface area contributed by atoms with Crippen LogP contribution in [0.2, 0.25) is 5.02 Å². The second-order valence-corrected chi connectivity index (χ2v) is 8.90. The number of sulfonamides is 1. The first-order chi connectivity index (χ1) is 14.4. The zero-order chi connectivity index (χ0) is 21.6. The zero-order valence-electron chi connectivity index (χ0n) is 16.0. The van der Waals surface area contributed by atoms with Gasteiger partial charge in [-0.15, -0.1) is 0 Å². The molecular formula is C20H21ClN2O6S. The standard InChI is InChI=1S/C20H21ClN2O6S/c21-17-3-1-2-15(12-17)13-22-19(24)14-29-20(25)16-4-6-18(7-5-16)30(26,27)23-8-10-28-11-9-23/h1-7,12H,8-11,13-14H2,(H,22,24). The Hall–Kier alpha value is -2.46. The van der Waals surface area contributed by atoms with Crippen LogP contribution < -0.4 is 5.32 Å². The van der Waals surface area contributed by atoms with E-state index in [1.807, 2.05) is 6.07 Å². The van der Waals surface area contributed by atoms with Gasteiger partial charge < -0.3 is 14.8 Å². The quantitative estimate of drug-likeness (QED) is 0.643. The molecule has 0 aromatic heterocycles. The summed E-state index contributed by atoms with van der Waals surface area (Å²) >= 11 is 5.89. The zero-order valence-corrected chi connectivity index (χ0v) is 17.6. The van der Waals surface area contributed by atoms with Gasteiger partial charge in [-0.1, -0.05) is 23.7 Å². The van der Waals surface area contributed by atoms with Crippen molar-refractivity contribution in [1.82, 2.24) is 9.62 Å². The predicted octanol–water partition coefficient (Wildman–Crippen LogP) is 1.83. The van der Waals surface area contributed by atoms with Gasteiger partial charge in [-0.25, -0.2) is 13.2 Å². The molecule has 0 radical (unpaired) electrons. The number of benzene rings is 2. The number of nitrogens with zero attached hydrogens (tertiary/aromatic N) is 1. The molecule has 2 aromatic rings. The van der Waals surface area contributed by atoms with Crippen LogP contribution in [0.15, 0.2) is 53.4 Å². The second kappa shape index (κ2) is 10.0. The van der Waals surface area contributed by atoms with Crippen molar-refractivity contribution in [1.29, 1.82) is 0 Å². The van der Waals surface area contributed by atoms with Gasteiger partial charge in [-0.3, -0.25) is 4.79 Å². The van der Waals surface area contributed by atoms with E-state index in [-0.39, 0.29) is 30.1 Å². The van der Waals surface area contributed by atoms with Crippen LogP contribution in [0.25, 0.3) is 0 Å². The Labute approximate surface area is 179 Å². The lowest BCUT2D eigenvalue weighted by atomic mass is 10.2. The van der Waals surface area contributed by atoms with Crippen LogP contribution in [0.3, 0.4) is 0 Å². The molecule has 30 heavy (non-hydrogen) atoms. The number of amides is 1.